The quantitative estimate of drug-likeness (QED) is 0.383. The summed E-state index contributed by atoms with van der Waals surface area (Å²) < 4.78 is 20.0. The van der Waals surface area contributed by atoms with Gasteiger partial charge < -0.3 is 24.5 Å². The number of phenolic OH excluding ortho intramolecular Hbond substituents is 1. The third-order valence-corrected chi connectivity index (χ3v) is 8.08. The van der Waals surface area contributed by atoms with Crippen molar-refractivity contribution >= 4 is 11.7 Å². The maximum atomic E-state index is 13.8. The minimum atomic E-state index is -1.02. The second-order valence-electron chi connectivity index (χ2n) is 10.9. The van der Waals surface area contributed by atoms with Crippen LogP contribution in [-0.2, 0) is 24.1 Å². The predicted octanol–water partition coefficient (Wildman–Crippen LogP) is 4.20. The number of para-hydroxylation sites is 1. The summed E-state index contributed by atoms with van der Waals surface area (Å²) in [6.45, 7) is 7.87. The first kappa shape index (κ1) is 30.3. The molecule has 1 N–H and O–H groups in total. The van der Waals surface area contributed by atoms with Crippen molar-refractivity contribution in [2.24, 2.45) is 0 Å². The maximum absolute atomic E-state index is 13.8. The Balaban J connectivity index is 1.63. The number of hydrogen-bond donors (Lipinski definition) is 1. The van der Waals surface area contributed by atoms with E-state index in [-0.39, 0.29) is 13.0 Å². The van der Waals surface area contributed by atoms with E-state index in [1.165, 1.54) is 4.90 Å². The first-order chi connectivity index (χ1) is 19.8. The number of hydrogen-bond acceptors (Lipinski definition) is 8. The fourth-order valence-electron chi connectivity index (χ4n) is 5.81. The monoisotopic (exact) mass is 564 g/mol. The third kappa shape index (κ3) is 7.53. The van der Waals surface area contributed by atoms with Gasteiger partial charge in [0.05, 0.1) is 24.2 Å². The van der Waals surface area contributed by atoms with Crippen LogP contribution in [0.15, 0.2) is 36.7 Å². The Labute approximate surface area is 242 Å². The Morgan fingerprint density at radius 2 is 2.00 bits per heavy atom. The number of aromatic nitrogens is 2. The van der Waals surface area contributed by atoms with Crippen LogP contribution in [-0.4, -0.2) is 82.7 Å². The van der Waals surface area contributed by atoms with Crippen LogP contribution in [0.2, 0.25) is 0 Å². The second-order valence-corrected chi connectivity index (χ2v) is 10.9. The van der Waals surface area contributed by atoms with Crippen LogP contribution >= 0.6 is 0 Å². The molecule has 2 saturated heterocycles. The number of carbonyl (C=O) groups is 1. The number of carbonyl (C=O) groups excluding carboxylic acids is 1. The smallest absolute Gasteiger partial charge is 0.318 e. The van der Waals surface area contributed by atoms with Crippen LogP contribution in [0.1, 0.15) is 55.8 Å². The molecule has 220 valence electrons. The average molecular weight is 565 g/mol. The summed E-state index contributed by atoms with van der Waals surface area (Å²) in [4.78, 5) is 28.0. The van der Waals surface area contributed by atoms with Crippen molar-refractivity contribution in [3.8, 4) is 17.8 Å². The number of likely N-dealkylation sites (tertiary alicyclic amines) is 1. The fraction of sp³-hybridized carbons (Fsp3) is 0.548. The van der Waals surface area contributed by atoms with Gasteiger partial charge in [0.2, 0.25) is 0 Å². The van der Waals surface area contributed by atoms with E-state index in [0.29, 0.717) is 50.3 Å². The third-order valence-electron chi connectivity index (χ3n) is 8.08. The van der Waals surface area contributed by atoms with Crippen molar-refractivity contribution in [1.82, 2.24) is 19.8 Å². The van der Waals surface area contributed by atoms with Gasteiger partial charge in [-0.2, -0.15) is 15.2 Å². The predicted molar refractivity (Wildman–Crippen MR) is 155 cm³/mol. The summed E-state index contributed by atoms with van der Waals surface area (Å²) in [6, 6.07) is 9.67. The largest absolute Gasteiger partial charge is 0.508 e. The molecule has 2 fully saturated rings. The summed E-state index contributed by atoms with van der Waals surface area (Å²) in [5.41, 5.74) is 2.84. The van der Waals surface area contributed by atoms with Crippen LogP contribution in [0.25, 0.3) is 0 Å². The number of anilines is 1. The molecule has 41 heavy (non-hydrogen) atoms. The molecule has 10 heteroatoms. The number of aryl methyl sites for hydroxylation is 2. The zero-order chi connectivity index (χ0) is 29.4. The molecule has 2 unspecified atom stereocenters. The molecule has 0 aliphatic carbocycles. The molecule has 1 aromatic heterocycles. The van der Waals surface area contributed by atoms with E-state index in [9.17, 15) is 19.6 Å². The van der Waals surface area contributed by atoms with Crippen molar-refractivity contribution in [2.75, 3.05) is 44.7 Å². The molecule has 0 bridgehead atoms. The maximum Gasteiger partial charge on any atom is 0.318 e. The van der Waals surface area contributed by atoms with Gasteiger partial charge in [-0.05, 0) is 63.7 Å². The van der Waals surface area contributed by atoms with Crippen LogP contribution in [0.4, 0.5) is 10.2 Å². The Hall–Kier alpha value is -3.71. The van der Waals surface area contributed by atoms with Gasteiger partial charge in [0.25, 0.3) is 5.91 Å². The Kier molecular flexibility index (Phi) is 10.5. The lowest BCUT2D eigenvalue weighted by molar-refractivity contribution is -0.131. The molecule has 3 heterocycles. The number of phenols is 1. The lowest BCUT2D eigenvalue weighted by Gasteiger charge is -2.41. The van der Waals surface area contributed by atoms with Gasteiger partial charge in [-0.25, -0.2) is 4.39 Å². The molecule has 0 spiro atoms. The van der Waals surface area contributed by atoms with Crippen LogP contribution in [0.5, 0.6) is 11.8 Å². The molecular weight excluding hydrogens is 523 g/mol. The van der Waals surface area contributed by atoms with Crippen molar-refractivity contribution in [3.05, 3.63) is 53.5 Å². The summed E-state index contributed by atoms with van der Waals surface area (Å²) >= 11 is 0. The number of nitrogens with zero attached hydrogens (tertiary/aromatic N) is 6. The van der Waals surface area contributed by atoms with E-state index < -0.39 is 17.8 Å². The van der Waals surface area contributed by atoms with E-state index >= 15 is 0 Å². The summed E-state index contributed by atoms with van der Waals surface area (Å²) in [5, 5.41) is 19.7. The number of benzene rings is 1. The minimum Gasteiger partial charge on any atom is -0.508 e. The molecule has 2 aromatic rings. The van der Waals surface area contributed by atoms with E-state index in [0.717, 1.165) is 61.3 Å². The first-order valence-electron chi connectivity index (χ1n) is 14.6. The zero-order valence-electron chi connectivity index (χ0n) is 24.2. The lowest BCUT2D eigenvalue weighted by atomic mass is 10.0. The Morgan fingerprint density at radius 3 is 2.68 bits per heavy atom. The average Bonchev–Trinajstić information content (AvgIpc) is 3.38. The zero-order valence-corrected chi connectivity index (χ0v) is 24.2. The first-order valence-corrected chi connectivity index (χ1v) is 14.6. The van der Waals surface area contributed by atoms with E-state index in [1.807, 2.05) is 18.2 Å². The number of ether oxygens (including phenoxy) is 1. The van der Waals surface area contributed by atoms with E-state index in [4.69, 9.17) is 14.7 Å². The second kappa shape index (κ2) is 14.3. The number of aromatic hydroxyl groups is 1. The number of halogens is 1. The molecule has 2 aliphatic heterocycles. The molecule has 9 nitrogen and oxygen atoms in total. The molecule has 1 aromatic carbocycles. The standard InChI is InChI=1S/C31H41FN6O3/c1-4-9-26-27(13-7-11-23-10-5-6-14-28(23)39)34-31(41-21-25-12-8-17-36(25)3)35-29(26)37-18-19-38(30(40)22(2)32)24(20-37)15-16-33/h5-6,10,14,24-25,39H,2,4,7-9,11-13,15,17-21H2,1,3H3. The molecule has 0 radical (unpaired) electrons. The van der Waals surface area contributed by atoms with Crippen LogP contribution in [0, 0.1) is 11.3 Å². The highest BCUT2D eigenvalue weighted by atomic mass is 19.1. The van der Waals surface area contributed by atoms with Crippen molar-refractivity contribution in [3.63, 3.8) is 0 Å². The highest BCUT2D eigenvalue weighted by molar-refractivity contribution is 5.91. The van der Waals surface area contributed by atoms with Gasteiger partial charge in [0.1, 0.15) is 18.2 Å². The number of amides is 1. The minimum absolute atomic E-state index is 0.0779. The number of nitriles is 1. The van der Waals surface area contributed by atoms with Crippen molar-refractivity contribution in [1.29, 1.82) is 5.26 Å². The lowest BCUT2D eigenvalue weighted by Crippen LogP contribution is -2.55. The molecule has 2 atom stereocenters. The van der Waals surface area contributed by atoms with Gasteiger partial charge in [-0.1, -0.05) is 38.1 Å². The highest BCUT2D eigenvalue weighted by Crippen LogP contribution is 2.30. The summed E-state index contributed by atoms with van der Waals surface area (Å²) in [6.07, 6.45) is 6.10. The van der Waals surface area contributed by atoms with E-state index in [2.05, 4.69) is 36.4 Å². The topological polar surface area (TPSA) is 106 Å². The highest BCUT2D eigenvalue weighted by Gasteiger charge is 2.34. The van der Waals surface area contributed by atoms with Gasteiger partial charge in [-0.15, -0.1) is 0 Å². The fourth-order valence-corrected chi connectivity index (χ4v) is 5.81. The Morgan fingerprint density at radius 1 is 1.20 bits per heavy atom. The van der Waals surface area contributed by atoms with Crippen molar-refractivity contribution < 1.29 is 19.0 Å². The summed E-state index contributed by atoms with van der Waals surface area (Å²) in [5.74, 6) is -0.741. The van der Waals surface area contributed by atoms with Crippen molar-refractivity contribution in [2.45, 2.75) is 70.4 Å². The molecule has 2 aliphatic rings. The summed E-state index contributed by atoms with van der Waals surface area (Å²) in [7, 11) is 2.10. The molecule has 1 amide bonds. The van der Waals surface area contributed by atoms with Crippen LogP contribution < -0.4 is 9.64 Å². The van der Waals surface area contributed by atoms with Gasteiger partial charge in [-0.3, -0.25) is 4.79 Å². The van der Waals surface area contributed by atoms with Gasteiger partial charge >= 0.3 is 6.01 Å². The number of likely N-dealkylation sites (N-methyl/N-ethyl adjacent to an activating group) is 1. The molecule has 4 rings (SSSR count). The normalized spacial score (nSPS) is 19.3. The van der Waals surface area contributed by atoms with Gasteiger partial charge in [0, 0.05) is 31.2 Å². The number of rotatable bonds is 12. The van der Waals surface area contributed by atoms with E-state index in [1.54, 1.807) is 6.07 Å². The molecular formula is C31H41FN6O3. The molecule has 0 saturated carbocycles. The van der Waals surface area contributed by atoms with Crippen LogP contribution in [0.3, 0.4) is 0 Å². The SMILES string of the molecule is C=C(F)C(=O)N1CCN(c2nc(OCC3CCCN3C)nc(CCCc3ccccc3O)c2CCC)CC1CC#N. The number of piperazine rings is 1. The Bertz CT molecular complexity index is 1260. The van der Waals surface area contributed by atoms with Gasteiger partial charge in [0.15, 0.2) is 5.83 Å².